The SMILES string of the molecule is CSC1C(O)[C@@H](CO)O[C@H]1n1cc(C)c(=O)[nH]c1=O. The van der Waals surface area contributed by atoms with E-state index in [0.29, 0.717) is 5.56 Å². The maximum Gasteiger partial charge on any atom is 0.330 e. The third-order valence-electron chi connectivity index (χ3n) is 3.18. The fraction of sp³-hybridized carbons (Fsp3) is 0.636. The van der Waals surface area contributed by atoms with Crippen molar-refractivity contribution in [1.82, 2.24) is 9.55 Å². The number of thioether (sulfide) groups is 1. The van der Waals surface area contributed by atoms with E-state index in [9.17, 15) is 14.7 Å². The van der Waals surface area contributed by atoms with Gasteiger partial charge in [0.05, 0.1) is 18.0 Å². The Bertz CT molecular complexity index is 569. The lowest BCUT2D eigenvalue weighted by molar-refractivity contribution is -0.0457. The molecular formula is C11H16N2O5S. The van der Waals surface area contributed by atoms with Crippen molar-refractivity contribution in [3.63, 3.8) is 0 Å². The summed E-state index contributed by atoms with van der Waals surface area (Å²) in [5.74, 6) is 0. The minimum atomic E-state index is -0.871. The average Bonchev–Trinajstić information content (AvgIpc) is 2.70. The Hall–Kier alpha value is -1.09. The molecule has 0 spiro atoms. The number of aliphatic hydroxyl groups excluding tert-OH is 2. The molecule has 4 atom stereocenters. The Balaban J connectivity index is 2.44. The van der Waals surface area contributed by atoms with Gasteiger partial charge in [-0.1, -0.05) is 0 Å². The lowest BCUT2D eigenvalue weighted by atomic mass is 10.2. The second-order valence-electron chi connectivity index (χ2n) is 4.42. The summed E-state index contributed by atoms with van der Waals surface area (Å²) in [6.07, 6.45) is 0.866. The van der Waals surface area contributed by atoms with Gasteiger partial charge in [-0.2, -0.15) is 11.8 Å². The van der Waals surface area contributed by atoms with Gasteiger partial charge in [-0.05, 0) is 13.2 Å². The second kappa shape index (κ2) is 5.49. The third-order valence-corrected chi connectivity index (χ3v) is 4.24. The molecule has 1 fully saturated rings. The highest BCUT2D eigenvalue weighted by Crippen LogP contribution is 2.35. The summed E-state index contributed by atoms with van der Waals surface area (Å²) in [6.45, 7) is 1.25. The van der Waals surface area contributed by atoms with Crippen LogP contribution in [0.1, 0.15) is 11.8 Å². The van der Waals surface area contributed by atoms with Gasteiger partial charge >= 0.3 is 5.69 Å². The number of aryl methyl sites for hydroxylation is 1. The number of ether oxygens (including phenoxy) is 1. The van der Waals surface area contributed by atoms with Gasteiger partial charge in [0.2, 0.25) is 0 Å². The number of aromatic nitrogens is 2. The van der Waals surface area contributed by atoms with Gasteiger partial charge in [-0.15, -0.1) is 0 Å². The number of nitrogens with one attached hydrogen (secondary N) is 1. The molecule has 0 aromatic carbocycles. The molecule has 106 valence electrons. The third kappa shape index (κ3) is 2.48. The van der Waals surface area contributed by atoms with Gasteiger partial charge in [-0.3, -0.25) is 14.3 Å². The normalized spacial score (nSPS) is 30.7. The summed E-state index contributed by atoms with van der Waals surface area (Å²) in [5, 5.41) is 18.8. The molecular weight excluding hydrogens is 272 g/mol. The summed E-state index contributed by atoms with van der Waals surface area (Å²) >= 11 is 1.34. The Kier molecular flexibility index (Phi) is 4.14. The van der Waals surface area contributed by atoms with Crippen molar-refractivity contribution in [2.45, 2.75) is 30.6 Å². The molecule has 0 saturated carbocycles. The molecule has 1 aliphatic heterocycles. The van der Waals surface area contributed by atoms with Crippen molar-refractivity contribution in [1.29, 1.82) is 0 Å². The van der Waals surface area contributed by atoms with Crippen LogP contribution >= 0.6 is 11.8 Å². The molecule has 3 N–H and O–H groups in total. The van der Waals surface area contributed by atoms with E-state index in [1.54, 1.807) is 13.2 Å². The summed E-state index contributed by atoms with van der Waals surface area (Å²) < 4.78 is 6.76. The van der Waals surface area contributed by atoms with Crippen LogP contribution in [0.3, 0.4) is 0 Å². The summed E-state index contributed by atoms with van der Waals surface area (Å²) in [4.78, 5) is 25.3. The van der Waals surface area contributed by atoms with Crippen molar-refractivity contribution in [2.75, 3.05) is 12.9 Å². The van der Waals surface area contributed by atoms with Crippen molar-refractivity contribution in [3.05, 3.63) is 32.6 Å². The molecule has 8 heteroatoms. The fourth-order valence-electron chi connectivity index (χ4n) is 2.12. The standard InChI is InChI=1S/C11H16N2O5S/c1-5-3-13(11(17)12-9(5)16)10-8(19-2)7(15)6(4-14)18-10/h3,6-8,10,14-15H,4H2,1-2H3,(H,12,16,17)/t6-,7?,8?,10-/m1/s1. The summed E-state index contributed by atoms with van der Waals surface area (Å²) in [6, 6.07) is 0. The first-order valence-electron chi connectivity index (χ1n) is 5.78. The number of aromatic amines is 1. The number of nitrogens with zero attached hydrogens (tertiary/aromatic N) is 1. The van der Waals surface area contributed by atoms with Gasteiger partial charge in [0.1, 0.15) is 6.10 Å². The first kappa shape index (κ1) is 14.3. The van der Waals surface area contributed by atoms with Crippen LogP contribution in [0.4, 0.5) is 0 Å². The molecule has 0 bridgehead atoms. The van der Waals surface area contributed by atoms with Crippen LogP contribution in [0.5, 0.6) is 0 Å². The highest BCUT2D eigenvalue weighted by molar-refractivity contribution is 7.99. The fourth-order valence-corrected chi connectivity index (χ4v) is 3.01. The van der Waals surface area contributed by atoms with Gasteiger partial charge < -0.3 is 14.9 Å². The van der Waals surface area contributed by atoms with E-state index in [1.165, 1.54) is 22.5 Å². The van der Waals surface area contributed by atoms with Crippen molar-refractivity contribution in [2.24, 2.45) is 0 Å². The molecule has 2 heterocycles. The molecule has 1 aromatic rings. The molecule has 1 aromatic heterocycles. The quantitative estimate of drug-likeness (QED) is 0.647. The Morgan fingerprint density at radius 3 is 2.79 bits per heavy atom. The van der Waals surface area contributed by atoms with Crippen LogP contribution in [-0.2, 0) is 4.74 Å². The molecule has 19 heavy (non-hydrogen) atoms. The van der Waals surface area contributed by atoms with Crippen molar-refractivity contribution < 1.29 is 14.9 Å². The topological polar surface area (TPSA) is 105 Å². The number of hydrogen-bond donors (Lipinski definition) is 3. The Morgan fingerprint density at radius 2 is 2.21 bits per heavy atom. The van der Waals surface area contributed by atoms with Gasteiger partial charge in [-0.25, -0.2) is 4.79 Å². The first-order chi connectivity index (χ1) is 8.99. The van der Waals surface area contributed by atoms with Crippen LogP contribution < -0.4 is 11.2 Å². The zero-order valence-electron chi connectivity index (χ0n) is 10.6. The largest absolute Gasteiger partial charge is 0.394 e. The van der Waals surface area contributed by atoms with Crippen molar-refractivity contribution >= 4 is 11.8 Å². The van der Waals surface area contributed by atoms with E-state index >= 15 is 0 Å². The maximum atomic E-state index is 11.8. The highest BCUT2D eigenvalue weighted by Gasteiger charge is 2.44. The van der Waals surface area contributed by atoms with Gasteiger partial charge in [0, 0.05) is 11.8 Å². The predicted molar refractivity (Wildman–Crippen MR) is 70.4 cm³/mol. The van der Waals surface area contributed by atoms with E-state index in [-0.39, 0.29) is 11.9 Å². The molecule has 2 rings (SSSR count). The summed E-state index contributed by atoms with van der Waals surface area (Å²) in [7, 11) is 0. The first-order valence-corrected chi connectivity index (χ1v) is 7.07. The van der Waals surface area contributed by atoms with Crippen LogP contribution in [0, 0.1) is 6.92 Å². The number of aliphatic hydroxyl groups is 2. The van der Waals surface area contributed by atoms with E-state index in [1.807, 2.05) is 0 Å². The lowest BCUT2D eigenvalue weighted by Gasteiger charge is -2.20. The Labute approximate surface area is 113 Å². The number of rotatable bonds is 3. The zero-order chi connectivity index (χ0) is 14.2. The van der Waals surface area contributed by atoms with Crippen LogP contribution in [0.25, 0.3) is 0 Å². The molecule has 0 amide bonds. The monoisotopic (exact) mass is 288 g/mol. The minimum Gasteiger partial charge on any atom is -0.394 e. The molecule has 0 aliphatic carbocycles. The molecule has 0 radical (unpaired) electrons. The summed E-state index contributed by atoms with van der Waals surface area (Å²) in [5.41, 5.74) is -0.658. The van der Waals surface area contributed by atoms with E-state index in [4.69, 9.17) is 9.84 Å². The van der Waals surface area contributed by atoms with Gasteiger partial charge in [0.25, 0.3) is 5.56 Å². The molecule has 7 nitrogen and oxygen atoms in total. The molecule has 1 aliphatic rings. The predicted octanol–water partition coefficient (Wildman–Crippen LogP) is -1.17. The number of H-pyrrole nitrogens is 1. The maximum absolute atomic E-state index is 11.8. The van der Waals surface area contributed by atoms with Crippen LogP contribution in [0.15, 0.2) is 15.8 Å². The highest BCUT2D eigenvalue weighted by atomic mass is 32.2. The minimum absolute atomic E-state index is 0.328. The van der Waals surface area contributed by atoms with E-state index < -0.39 is 29.7 Å². The van der Waals surface area contributed by atoms with Gasteiger partial charge in [0.15, 0.2) is 6.23 Å². The molecule has 2 unspecified atom stereocenters. The lowest BCUT2D eigenvalue weighted by Crippen LogP contribution is -2.37. The van der Waals surface area contributed by atoms with E-state index in [0.717, 1.165) is 0 Å². The molecule has 1 saturated heterocycles. The zero-order valence-corrected chi connectivity index (χ0v) is 11.4. The van der Waals surface area contributed by atoms with Crippen LogP contribution in [0.2, 0.25) is 0 Å². The van der Waals surface area contributed by atoms with Crippen LogP contribution in [-0.4, -0.2) is 50.1 Å². The second-order valence-corrected chi connectivity index (χ2v) is 5.43. The van der Waals surface area contributed by atoms with E-state index in [2.05, 4.69) is 4.98 Å². The Morgan fingerprint density at radius 1 is 1.53 bits per heavy atom. The number of hydrogen-bond acceptors (Lipinski definition) is 6. The smallest absolute Gasteiger partial charge is 0.330 e. The average molecular weight is 288 g/mol. The van der Waals surface area contributed by atoms with Crippen molar-refractivity contribution in [3.8, 4) is 0 Å².